The zero-order valence-corrected chi connectivity index (χ0v) is 14.1. The summed E-state index contributed by atoms with van der Waals surface area (Å²) in [5.74, 6) is 0. The number of hydrogen-bond donors (Lipinski definition) is 1. The predicted octanol–water partition coefficient (Wildman–Crippen LogP) is 3.56. The topological polar surface area (TPSA) is 24.5 Å². The fourth-order valence-corrected chi connectivity index (χ4v) is 2.72. The molecule has 1 aromatic rings. The molecule has 1 saturated carbocycles. The summed E-state index contributed by atoms with van der Waals surface area (Å²) in [4.78, 5) is 2.39. The van der Waals surface area contributed by atoms with Gasteiger partial charge in [0.25, 0.3) is 0 Å². The maximum atomic E-state index is 5.49. The summed E-state index contributed by atoms with van der Waals surface area (Å²) in [5, 5.41) is 3.61. The first kappa shape index (κ1) is 15.8. The number of nitrogens with zero attached hydrogens (tertiary/aromatic N) is 1. The molecule has 1 aliphatic rings. The Bertz CT molecular complexity index is 421. The molecular weight excluding hydrogens is 316 g/mol. The summed E-state index contributed by atoms with van der Waals surface area (Å²) in [6, 6.07) is 7.30. The van der Waals surface area contributed by atoms with Crippen LogP contribution in [0.15, 0.2) is 22.7 Å². The van der Waals surface area contributed by atoms with E-state index in [1.165, 1.54) is 24.1 Å². The largest absolute Gasteiger partial charge is 0.380 e. The fraction of sp³-hybridized carbons (Fsp3) is 0.625. The third kappa shape index (κ3) is 4.76. The van der Waals surface area contributed by atoms with Gasteiger partial charge in [-0.2, -0.15) is 0 Å². The van der Waals surface area contributed by atoms with Gasteiger partial charge in [-0.05, 0) is 50.5 Å². The van der Waals surface area contributed by atoms with Gasteiger partial charge in [-0.15, -0.1) is 0 Å². The lowest BCUT2D eigenvalue weighted by atomic mass is 10.1. The molecular formula is C16H25BrN2O. The molecule has 0 radical (unpaired) electrons. The van der Waals surface area contributed by atoms with Gasteiger partial charge in [0, 0.05) is 42.4 Å². The van der Waals surface area contributed by atoms with Crippen molar-refractivity contribution >= 4 is 21.6 Å². The molecule has 0 aromatic heterocycles. The Morgan fingerprint density at radius 3 is 2.80 bits per heavy atom. The lowest BCUT2D eigenvalue weighted by molar-refractivity contribution is 0.154. The Morgan fingerprint density at radius 1 is 1.35 bits per heavy atom. The van der Waals surface area contributed by atoms with Crippen LogP contribution in [0.4, 0.5) is 5.69 Å². The standard InChI is InChI=1S/C16H25BrN2O/c1-3-19(9-10-20-4-2)16-8-5-14(17)11-13(16)12-18-15-6-7-15/h5,8,11,15,18H,3-4,6-7,9-10,12H2,1-2H3. The van der Waals surface area contributed by atoms with E-state index >= 15 is 0 Å². The second kappa shape index (κ2) is 8.01. The van der Waals surface area contributed by atoms with Crippen LogP contribution in [0.2, 0.25) is 0 Å². The van der Waals surface area contributed by atoms with Crippen LogP contribution in [0.5, 0.6) is 0 Å². The van der Waals surface area contributed by atoms with Gasteiger partial charge >= 0.3 is 0 Å². The quantitative estimate of drug-likeness (QED) is 0.695. The molecule has 0 spiro atoms. The number of halogens is 1. The van der Waals surface area contributed by atoms with Crippen LogP contribution in [0.1, 0.15) is 32.3 Å². The lowest BCUT2D eigenvalue weighted by Crippen LogP contribution is -2.29. The van der Waals surface area contributed by atoms with E-state index in [1.807, 2.05) is 6.92 Å². The van der Waals surface area contributed by atoms with Crippen LogP contribution >= 0.6 is 15.9 Å². The van der Waals surface area contributed by atoms with Gasteiger partial charge < -0.3 is 15.0 Å². The first-order chi connectivity index (χ1) is 9.74. The molecule has 0 heterocycles. The van der Waals surface area contributed by atoms with E-state index in [0.29, 0.717) is 0 Å². The van der Waals surface area contributed by atoms with Gasteiger partial charge in [0.2, 0.25) is 0 Å². The van der Waals surface area contributed by atoms with E-state index in [-0.39, 0.29) is 0 Å². The van der Waals surface area contributed by atoms with Gasteiger partial charge in [-0.3, -0.25) is 0 Å². The lowest BCUT2D eigenvalue weighted by Gasteiger charge is -2.26. The van der Waals surface area contributed by atoms with Gasteiger partial charge in [-0.25, -0.2) is 0 Å². The SMILES string of the molecule is CCOCCN(CC)c1ccc(Br)cc1CNC1CC1. The van der Waals surface area contributed by atoms with Crippen LogP contribution in [0, 0.1) is 0 Å². The van der Waals surface area contributed by atoms with E-state index in [0.717, 1.165) is 43.4 Å². The van der Waals surface area contributed by atoms with E-state index in [9.17, 15) is 0 Å². The van der Waals surface area contributed by atoms with Crippen molar-refractivity contribution in [2.24, 2.45) is 0 Å². The van der Waals surface area contributed by atoms with Crippen LogP contribution in [0.25, 0.3) is 0 Å². The Labute approximate surface area is 130 Å². The molecule has 0 amide bonds. The van der Waals surface area contributed by atoms with Crippen molar-refractivity contribution in [3.63, 3.8) is 0 Å². The van der Waals surface area contributed by atoms with Gasteiger partial charge in [0.1, 0.15) is 0 Å². The number of likely N-dealkylation sites (N-methyl/N-ethyl adjacent to an activating group) is 1. The summed E-state index contributed by atoms with van der Waals surface area (Å²) in [7, 11) is 0. The number of rotatable bonds is 9. The van der Waals surface area contributed by atoms with E-state index in [4.69, 9.17) is 4.74 Å². The Morgan fingerprint density at radius 2 is 2.15 bits per heavy atom. The Kier molecular flexibility index (Phi) is 6.33. The molecule has 0 aliphatic heterocycles. The highest BCUT2D eigenvalue weighted by Gasteiger charge is 2.21. The minimum Gasteiger partial charge on any atom is -0.380 e. The minimum absolute atomic E-state index is 0.736. The Hall–Kier alpha value is -0.580. The molecule has 0 bridgehead atoms. The van der Waals surface area contributed by atoms with Gasteiger partial charge in [0.15, 0.2) is 0 Å². The van der Waals surface area contributed by atoms with Crippen molar-refractivity contribution in [3.8, 4) is 0 Å². The van der Waals surface area contributed by atoms with Crippen molar-refractivity contribution in [1.82, 2.24) is 5.32 Å². The zero-order valence-electron chi connectivity index (χ0n) is 12.5. The molecule has 0 saturated heterocycles. The monoisotopic (exact) mass is 340 g/mol. The van der Waals surface area contributed by atoms with Crippen molar-refractivity contribution in [1.29, 1.82) is 0 Å². The smallest absolute Gasteiger partial charge is 0.0641 e. The highest BCUT2D eigenvalue weighted by Crippen LogP contribution is 2.26. The second-order valence-corrected chi connectivity index (χ2v) is 6.12. The first-order valence-corrected chi connectivity index (χ1v) is 8.38. The normalized spacial score (nSPS) is 14.6. The summed E-state index contributed by atoms with van der Waals surface area (Å²) >= 11 is 3.58. The zero-order chi connectivity index (χ0) is 14.4. The van der Waals surface area contributed by atoms with Crippen molar-refractivity contribution < 1.29 is 4.74 Å². The molecule has 0 unspecified atom stereocenters. The summed E-state index contributed by atoms with van der Waals surface area (Å²) < 4.78 is 6.64. The molecule has 1 N–H and O–H groups in total. The first-order valence-electron chi connectivity index (χ1n) is 7.59. The van der Waals surface area contributed by atoms with E-state index in [1.54, 1.807) is 0 Å². The fourth-order valence-electron chi connectivity index (χ4n) is 2.31. The number of nitrogens with one attached hydrogen (secondary N) is 1. The van der Waals surface area contributed by atoms with Crippen LogP contribution in [0.3, 0.4) is 0 Å². The average Bonchev–Trinajstić information content (AvgIpc) is 3.26. The van der Waals surface area contributed by atoms with Crippen LogP contribution in [-0.4, -0.2) is 32.3 Å². The maximum absolute atomic E-state index is 5.49. The number of hydrogen-bond acceptors (Lipinski definition) is 3. The number of ether oxygens (including phenoxy) is 1. The minimum atomic E-state index is 0.736. The molecule has 0 atom stereocenters. The van der Waals surface area contributed by atoms with Crippen LogP contribution in [-0.2, 0) is 11.3 Å². The highest BCUT2D eigenvalue weighted by atomic mass is 79.9. The molecule has 4 heteroatoms. The summed E-state index contributed by atoms with van der Waals surface area (Å²) in [6.45, 7) is 8.72. The number of benzene rings is 1. The third-order valence-electron chi connectivity index (χ3n) is 3.63. The van der Waals surface area contributed by atoms with E-state index in [2.05, 4.69) is 51.3 Å². The van der Waals surface area contributed by atoms with Crippen LogP contribution < -0.4 is 10.2 Å². The Balaban J connectivity index is 2.05. The molecule has 20 heavy (non-hydrogen) atoms. The van der Waals surface area contributed by atoms with Crippen molar-refractivity contribution in [2.45, 2.75) is 39.3 Å². The van der Waals surface area contributed by atoms with Gasteiger partial charge in [0.05, 0.1) is 6.61 Å². The molecule has 1 aromatic carbocycles. The van der Waals surface area contributed by atoms with Crippen molar-refractivity contribution in [3.05, 3.63) is 28.2 Å². The molecule has 2 rings (SSSR count). The number of anilines is 1. The molecule has 112 valence electrons. The van der Waals surface area contributed by atoms with Gasteiger partial charge in [-0.1, -0.05) is 15.9 Å². The predicted molar refractivity (Wildman–Crippen MR) is 88.4 cm³/mol. The third-order valence-corrected chi connectivity index (χ3v) is 4.13. The highest BCUT2D eigenvalue weighted by molar-refractivity contribution is 9.10. The van der Waals surface area contributed by atoms with E-state index < -0.39 is 0 Å². The molecule has 3 nitrogen and oxygen atoms in total. The molecule has 1 aliphatic carbocycles. The summed E-state index contributed by atoms with van der Waals surface area (Å²) in [5.41, 5.74) is 2.69. The average molecular weight is 341 g/mol. The summed E-state index contributed by atoms with van der Waals surface area (Å²) in [6.07, 6.45) is 2.65. The second-order valence-electron chi connectivity index (χ2n) is 5.20. The van der Waals surface area contributed by atoms with Crippen molar-refractivity contribution in [2.75, 3.05) is 31.2 Å². The maximum Gasteiger partial charge on any atom is 0.0641 e. The molecule has 1 fully saturated rings.